The summed E-state index contributed by atoms with van der Waals surface area (Å²) in [5.74, 6) is 1.52. The van der Waals surface area contributed by atoms with Crippen LogP contribution in [0.5, 0.6) is 17.2 Å². The zero-order valence-corrected chi connectivity index (χ0v) is 13.1. The molecule has 1 N–H and O–H groups in total. The maximum atomic E-state index is 12.0. The lowest BCUT2D eigenvalue weighted by molar-refractivity contribution is -0.118. The van der Waals surface area contributed by atoms with E-state index in [2.05, 4.69) is 5.32 Å². The highest BCUT2D eigenvalue weighted by Crippen LogP contribution is 2.32. The monoisotopic (exact) mass is 333 g/mol. The first-order chi connectivity index (χ1) is 11.2. The molecule has 1 aliphatic rings. The lowest BCUT2D eigenvalue weighted by Crippen LogP contribution is -2.20. The van der Waals surface area contributed by atoms with Crippen LogP contribution < -0.4 is 19.5 Å². The molecule has 23 heavy (non-hydrogen) atoms. The standard InChI is InChI=1S/C17H16ClNO4/c18-13-4-1-2-5-14(13)23-11-17(20)19-12-6-7-15-16(10-12)22-9-3-8-21-15/h1-2,4-7,10H,3,8-9,11H2,(H,19,20). The van der Waals surface area contributed by atoms with Crippen molar-refractivity contribution in [1.29, 1.82) is 0 Å². The van der Waals surface area contributed by atoms with Crippen molar-refractivity contribution in [2.24, 2.45) is 0 Å². The number of hydrogen-bond donors (Lipinski definition) is 1. The van der Waals surface area contributed by atoms with Crippen molar-refractivity contribution in [3.8, 4) is 17.2 Å². The molecule has 1 amide bonds. The van der Waals surface area contributed by atoms with E-state index in [9.17, 15) is 4.79 Å². The molecule has 0 spiro atoms. The summed E-state index contributed by atoms with van der Waals surface area (Å²) in [5, 5.41) is 3.23. The van der Waals surface area contributed by atoms with Crippen molar-refractivity contribution in [2.75, 3.05) is 25.1 Å². The number of hydrogen-bond acceptors (Lipinski definition) is 4. The van der Waals surface area contributed by atoms with Crippen molar-refractivity contribution in [1.82, 2.24) is 0 Å². The van der Waals surface area contributed by atoms with Crippen LogP contribution in [0.3, 0.4) is 0 Å². The van der Waals surface area contributed by atoms with Crippen molar-refractivity contribution >= 4 is 23.2 Å². The summed E-state index contributed by atoms with van der Waals surface area (Å²) in [4.78, 5) is 12.0. The highest BCUT2D eigenvalue weighted by atomic mass is 35.5. The number of nitrogens with one attached hydrogen (secondary N) is 1. The van der Waals surface area contributed by atoms with Gasteiger partial charge in [0.15, 0.2) is 18.1 Å². The van der Waals surface area contributed by atoms with Crippen LogP contribution in [0.15, 0.2) is 42.5 Å². The number of halogens is 1. The molecule has 5 nitrogen and oxygen atoms in total. The normalized spacial score (nSPS) is 13.1. The van der Waals surface area contributed by atoms with E-state index in [1.54, 1.807) is 42.5 Å². The molecule has 0 saturated heterocycles. The second-order valence-corrected chi connectivity index (χ2v) is 5.39. The molecular formula is C17H16ClNO4. The summed E-state index contributed by atoms with van der Waals surface area (Å²) in [6.45, 7) is 1.10. The molecule has 0 aliphatic carbocycles. The van der Waals surface area contributed by atoms with E-state index in [1.165, 1.54) is 0 Å². The van der Waals surface area contributed by atoms with Gasteiger partial charge in [-0.15, -0.1) is 0 Å². The van der Waals surface area contributed by atoms with E-state index >= 15 is 0 Å². The average molecular weight is 334 g/mol. The third kappa shape index (κ3) is 4.07. The Labute approximate surface area is 139 Å². The number of benzene rings is 2. The fourth-order valence-electron chi connectivity index (χ4n) is 2.14. The molecule has 0 unspecified atom stereocenters. The van der Waals surface area contributed by atoms with Gasteiger partial charge in [0.2, 0.25) is 0 Å². The van der Waals surface area contributed by atoms with Crippen LogP contribution in [-0.2, 0) is 4.79 Å². The molecule has 1 heterocycles. The predicted octanol–water partition coefficient (Wildman–Crippen LogP) is 3.52. The molecule has 0 saturated carbocycles. The molecule has 3 rings (SSSR count). The van der Waals surface area contributed by atoms with Crippen molar-refractivity contribution in [2.45, 2.75) is 6.42 Å². The van der Waals surface area contributed by atoms with Gasteiger partial charge in [0.05, 0.1) is 18.2 Å². The zero-order valence-electron chi connectivity index (χ0n) is 12.4. The SMILES string of the molecule is O=C(COc1ccccc1Cl)Nc1ccc2c(c1)OCCCO2. The minimum absolute atomic E-state index is 0.127. The van der Waals surface area contributed by atoms with Gasteiger partial charge in [-0.05, 0) is 24.3 Å². The Balaban J connectivity index is 1.60. The highest BCUT2D eigenvalue weighted by molar-refractivity contribution is 6.32. The molecular weight excluding hydrogens is 318 g/mol. The van der Waals surface area contributed by atoms with Crippen LogP contribution in [0.4, 0.5) is 5.69 Å². The van der Waals surface area contributed by atoms with E-state index in [0.29, 0.717) is 41.2 Å². The van der Waals surface area contributed by atoms with Crippen LogP contribution in [-0.4, -0.2) is 25.7 Å². The minimum atomic E-state index is -0.278. The molecule has 2 aromatic carbocycles. The van der Waals surface area contributed by atoms with Crippen molar-refractivity contribution in [3.63, 3.8) is 0 Å². The first kappa shape index (κ1) is 15.5. The number of fused-ring (bicyclic) bond motifs is 1. The van der Waals surface area contributed by atoms with E-state index < -0.39 is 0 Å². The Morgan fingerprint density at radius 3 is 2.74 bits per heavy atom. The molecule has 0 atom stereocenters. The van der Waals surface area contributed by atoms with Crippen LogP contribution >= 0.6 is 11.6 Å². The summed E-state index contributed by atoms with van der Waals surface area (Å²) in [7, 11) is 0. The Morgan fingerprint density at radius 2 is 1.91 bits per heavy atom. The lowest BCUT2D eigenvalue weighted by Gasteiger charge is -2.11. The van der Waals surface area contributed by atoms with Crippen LogP contribution in [0.1, 0.15) is 6.42 Å². The van der Waals surface area contributed by atoms with Gasteiger partial charge in [0.1, 0.15) is 5.75 Å². The summed E-state index contributed by atoms with van der Waals surface area (Å²) in [5.41, 5.74) is 0.627. The smallest absolute Gasteiger partial charge is 0.262 e. The highest BCUT2D eigenvalue weighted by Gasteiger charge is 2.12. The molecule has 0 fully saturated rings. The number of amides is 1. The zero-order chi connectivity index (χ0) is 16.1. The second-order valence-electron chi connectivity index (χ2n) is 4.98. The van der Waals surface area contributed by atoms with E-state index in [1.807, 2.05) is 0 Å². The van der Waals surface area contributed by atoms with Gasteiger partial charge in [-0.1, -0.05) is 23.7 Å². The van der Waals surface area contributed by atoms with Crippen LogP contribution in [0, 0.1) is 0 Å². The van der Waals surface area contributed by atoms with Gasteiger partial charge in [0.25, 0.3) is 5.91 Å². The summed E-state index contributed by atoms with van der Waals surface area (Å²) in [6.07, 6.45) is 0.835. The van der Waals surface area contributed by atoms with Gasteiger partial charge in [-0.3, -0.25) is 4.79 Å². The van der Waals surface area contributed by atoms with E-state index in [-0.39, 0.29) is 12.5 Å². The average Bonchev–Trinajstić information content (AvgIpc) is 2.79. The first-order valence-corrected chi connectivity index (χ1v) is 7.67. The molecule has 2 aromatic rings. The number of anilines is 1. The molecule has 120 valence electrons. The number of carbonyl (C=O) groups is 1. The minimum Gasteiger partial charge on any atom is -0.490 e. The Bertz CT molecular complexity index is 705. The third-order valence-corrected chi connectivity index (χ3v) is 3.54. The van der Waals surface area contributed by atoms with Gasteiger partial charge >= 0.3 is 0 Å². The Hall–Kier alpha value is -2.40. The van der Waals surface area contributed by atoms with Crippen molar-refractivity contribution in [3.05, 3.63) is 47.5 Å². The summed E-state index contributed by atoms with van der Waals surface area (Å²) < 4.78 is 16.5. The summed E-state index contributed by atoms with van der Waals surface area (Å²) >= 11 is 5.98. The van der Waals surface area contributed by atoms with E-state index in [0.717, 1.165) is 6.42 Å². The largest absolute Gasteiger partial charge is 0.490 e. The number of para-hydroxylation sites is 1. The third-order valence-electron chi connectivity index (χ3n) is 3.23. The maximum absolute atomic E-state index is 12.0. The first-order valence-electron chi connectivity index (χ1n) is 7.29. The molecule has 0 bridgehead atoms. The van der Waals surface area contributed by atoms with E-state index in [4.69, 9.17) is 25.8 Å². The maximum Gasteiger partial charge on any atom is 0.262 e. The Morgan fingerprint density at radius 1 is 1.13 bits per heavy atom. The predicted molar refractivity (Wildman–Crippen MR) is 87.6 cm³/mol. The van der Waals surface area contributed by atoms with Crippen LogP contribution in [0.2, 0.25) is 5.02 Å². The topological polar surface area (TPSA) is 56.8 Å². The lowest BCUT2D eigenvalue weighted by atomic mass is 10.2. The van der Waals surface area contributed by atoms with Gasteiger partial charge in [-0.2, -0.15) is 0 Å². The van der Waals surface area contributed by atoms with Crippen molar-refractivity contribution < 1.29 is 19.0 Å². The molecule has 0 radical (unpaired) electrons. The number of rotatable bonds is 4. The molecule has 1 aliphatic heterocycles. The van der Waals surface area contributed by atoms with Gasteiger partial charge < -0.3 is 19.5 Å². The molecule has 6 heteroatoms. The fourth-order valence-corrected chi connectivity index (χ4v) is 2.33. The van der Waals surface area contributed by atoms with Gasteiger partial charge in [-0.25, -0.2) is 0 Å². The fraction of sp³-hybridized carbons (Fsp3) is 0.235. The quantitative estimate of drug-likeness (QED) is 0.930. The van der Waals surface area contributed by atoms with Crippen LogP contribution in [0.25, 0.3) is 0 Å². The molecule has 0 aromatic heterocycles. The second kappa shape index (κ2) is 7.24. The number of ether oxygens (including phenoxy) is 3. The summed E-state index contributed by atoms with van der Waals surface area (Å²) in [6, 6.07) is 12.3. The Kier molecular flexibility index (Phi) is 4.88. The number of carbonyl (C=O) groups excluding carboxylic acids is 1. The van der Waals surface area contributed by atoms with Gasteiger partial charge in [0, 0.05) is 18.2 Å².